The summed E-state index contributed by atoms with van der Waals surface area (Å²) in [6, 6.07) is 21.5. The summed E-state index contributed by atoms with van der Waals surface area (Å²) in [7, 11) is 1.79. The number of guanidine groups is 1. The molecule has 1 amide bonds. The summed E-state index contributed by atoms with van der Waals surface area (Å²) in [5, 5.41) is 18.2. The van der Waals surface area contributed by atoms with Crippen molar-refractivity contribution in [3.63, 3.8) is 0 Å². The molecule has 196 valence electrons. The van der Waals surface area contributed by atoms with E-state index in [0.29, 0.717) is 29.7 Å². The zero-order valence-corrected chi connectivity index (χ0v) is 21.9. The second-order valence-electron chi connectivity index (χ2n) is 10.5. The molecule has 1 saturated carbocycles. The predicted molar refractivity (Wildman–Crippen MR) is 151 cm³/mol. The first-order valence-electron chi connectivity index (χ1n) is 13.3. The highest BCUT2D eigenvalue weighted by atomic mass is 16.3. The van der Waals surface area contributed by atoms with Crippen molar-refractivity contribution in [2.75, 3.05) is 17.3 Å². The number of nitrogens with zero attached hydrogens (tertiary/aromatic N) is 6. The van der Waals surface area contributed by atoms with E-state index in [1.54, 1.807) is 36.2 Å². The van der Waals surface area contributed by atoms with Crippen LogP contribution in [-0.4, -0.2) is 55.8 Å². The number of amides is 1. The molecular weight excluding hydrogens is 490 g/mol. The molecule has 1 aliphatic carbocycles. The molecule has 2 atom stereocenters. The van der Waals surface area contributed by atoms with E-state index in [-0.39, 0.29) is 23.7 Å². The fourth-order valence-electron chi connectivity index (χ4n) is 5.89. The van der Waals surface area contributed by atoms with Gasteiger partial charge in [-0.3, -0.25) is 19.6 Å². The number of rotatable bonds is 5. The third-order valence-corrected chi connectivity index (χ3v) is 7.85. The fraction of sp³-hybridized carbons (Fsp3) is 0.267. The first-order chi connectivity index (χ1) is 19.0. The largest absolute Gasteiger partial charge is 0.508 e. The molecule has 0 radical (unpaired) electrons. The standard InChI is InChI=1S/C30H29N7O2/c1-18-5-3-6-23(31-18)20-11-9-19(10-12-20)17-36-27(32-21-13-15-22(38)16-14-21)26-28(34-36)37-25-8-4-7-24(25)33-30(37)35(2)29(26)39/h3,5-6,9-16,24-25,32,38H,4,7-8,17H2,1-2H3/t24-,25+/m1/s1. The Kier molecular flexibility index (Phi) is 5.40. The summed E-state index contributed by atoms with van der Waals surface area (Å²) in [5.41, 5.74) is 5.31. The van der Waals surface area contributed by atoms with Gasteiger partial charge in [-0.2, -0.15) is 5.10 Å². The average Bonchev–Trinajstić information content (AvgIpc) is 3.63. The van der Waals surface area contributed by atoms with Crippen molar-refractivity contribution in [2.24, 2.45) is 4.99 Å². The maximum absolute atomic E-state index is 13.7. The van der Waals surface area contributed by atoms with E-state index in [4.69, 9.17) is 10.1 Å². The number of hydrogen-bond donors (Lipinski definition) is 2. The highest BCUT2D eigenvalue weighted by Crippen LogP contribution is 2.43. The van der Waals surface area contributed by atoms with Gasteiger partial charge < -0.3 is 10.4 Å². The Bertz CT molecular complexity index is 1610. The van der Waals surface area contributed by atoms with Gasteiger partial charge in [0.25, 0.3) is 5.91 Å². The van der Waals surface area contributed by atoms with Crippen LogP contribution in [0.2, 0.25) is 0 Å². The van der Waals surface area contributed by atoms with E-state index in [1.165, 1.54) is 0 Å². The molecule has 4 aromatic rings. The summed E-state index contributed by atoms with van der Waals surface area (Å²) in [6.07, 6.45) is 3.18. The molecule has 0 saturated heterocycles. The number of aryl methyl sites for hydroxylation is 1. The minimum Gasteiger partial charge on any atom is -0.508 e. The number of carbonyl (C=O) groups is 1. The molecule has 2 aliphatic heterocycles. The van der Waals surface area contributed by atoms with Crippen LogP contribution in [0, 0.1) is 6.92 Å². The number of aromatic nitrogens is 3. The van der Waals surface area contributed by atoms with Gasteiger partial charge in [0.1, 0.15) is 17.1 Å². The lowest BCUT2D eigenvalue weighted by Gasteiger charge is -2.34. The Labute approximate surface area is 226 Å². The number of hydrogen-bond acceptors (Lipinski definition) is 7. The molecule has 2 N–H and O–H groups in total. The van der Waals surface area contributed by atoms with Crippen LogP contribution in [0.1, 0.15) is 40.9 Å². The van der Waals surface area contributed by atoms with Crippen molar-refractivity contribution in [1.82, 2.24) is 19.7 Å². The van der Waals surface area contributed by atoms with Crippen molar-refractivity contribution >= 4 is 29.2 Å². The summed E-state index contributed by atoms with van der Waals surface area (Å²) in [5.74, 6) is 2.03. The van der Waals surface area contributed by atoms with Gasteiger partial charge in [0.2, 0.25) is 5.96 Å². The number of benzene rings is 2. The number of phenolic OH excluding ortho intramolecular Hbond substituents is 1. The van der Waals surface area contributed by atoms with Crippen molar-refractivity contribution in [1.29, 1.82) is 0 Å². The maximum Gasteiger partial charge on any atom is 0.267 e. The molecular formula is C30H29N7O2. The molecule has 0 bridgehead atoms. The van der Waals surface area contributed by atoms with Gasteiger partial charge in [-0.1, -0.05) is 30.3 Å². The first-order valence-corrected chi connectivity index (χ1v) is 13.3. The van der Waals surface area contributed by atoms with E-state index in [0.717, 1.165) is 47.5 Å². The monoisotopic (exact) mass is 519 g/mol. The molecule has 9 nitrogen and oxygen atoms in total. The fourth-order valence-corrected chi connectivity index (χ4v) is 5.89. The van der Waals surface area contributed by atoms with Crippen LogP contribution < -0.4 is 10.2 Å². The molecule has 2 aromatic heterocycles. The number of nitrogens with one attached hydrogen (secondary N) is 1. The average molecular weight is 520 g/mol. The number of fused-ring (bicyclic) bond motifs is 5. The van der Waals surface area contributed by atoms with E-state index in [9.17, 15) is 9.90 Å². The molecule has 0 spiro atoms. The zero-order chi connectivity index (χ0) is 26.7. The number of aliphatic imine (C=N–C) groups is 1. The van der Waals surface area contributed by atoms with Crippen molar-refractivity contribution in [2.45, 2.75) is 44.8 Å². The van der Waals surface area contributed by atoms with Crippen LogP contribution in [0.25, 0.3) is 11.3 Å². The normalized spacial score (nSPS) is 19.5. The second kappa shape index (κ2) is 8.97. The summed E-state index contributed by atoms with van der Waals surface area (Å²) in [4.78, 5) is 27.1. The molecule has 1 fully saturated rings. The lowest BCUT2D eigenvalue weighted by atomic mass is 10.1. The Hall–Kier alpha value is -4.66. The minimum atomic E-state index is -0.131. The van der Waals surface area contributed by atoms with Crippen LogP contribution >= 0.6 is 0 Å². The molecule has 39 heavy (non-hydrogen) atoms. The predicted octanol–water partition coefficient (Wildman–Crippen LogP) is 4.93. The minimum absolute atomic E-state index is 0.131. The molecule has 2 aromatic carbocycles. The highest BCUT2D eigenvalue weighted by molar-refractivity contribution is 6.21. The Balaban J connectivity index is 1.29. The number of pyridine rings is 1. The third-order valence-electron chi connectivity index (χ3n) is 7.85. The molecule has 3 aliphatic rings. The third kappa shape index (κ3) is 3.93. The van der Waals surface area contributed by atoms with Crippen molar-refractivity contribution < 1.29 is 9.90 Å². The quantitative estimate of drug-likeness (QED) is 0.363. The molecule has 4 heterocycles. The van der Waals surface area contributed by atoms with E-state index in [1.807, 2.05) is 29.8 Å². The lowest BCUT2D eigenvalue weighted by Crippen LogP contribution is -2.51. The topological polar surface area (TPSA) is 98.9 Å². The molecule has 0 unspecified atom stereocenters. The maximum atomic E-state index is 13.7. The number of anilines is 3. The van der Waals surface area contributed by atoms with Gasteiger partial charge in [0.15, 0.2) is 5.82 Å². The van der Waals surface area contributed by atoms with Gasteiger partial charge in [0, 0.05) is 24.0 Å². The van der Waals surface area contributed by atoms with Gasteiger partial charge in [-0.15, -0.1) is 0 Å². The van der Waals surface area contributed by atoms with Crippen molar-refractivity contribution in [3.05, 3.63) is 83.6 Å². The smallest absolute Gasteiger partial charge is 0.267 e. The van der Waals surface area contributed by atoms with Crippen LogP contribution in [0.15, 0.2) is 71.7 Å². The van der Waals surface area contributed by atoms with Crippen LogP contribution in [0.3, 0.4) is 0 Å². The second-order valence-corrected chi connectivity index (χ2v) is 10.5. The van der Waals surface area contributed by atoms with Crippen LogP contribution in [0.5, 0.6) is 5.75 Å². The van der Waals surface area contributed by atoms with Gasteiger partial charge in [-0.05, 0) is 68.1 Å². The van der Waals surface area contributed by atoms with E-state index < -0.39 is 0 Å². The SMILES string of the molecule is Cc1cccc(-c2ccc(Cn3nc4c(c3Nc3ccc(O)cc3)C(=O)N(C)C3=N[C@@H]5CCC[C@@H]5N34)cc2)n1. The lowest BCUT2D eigenvalue weighted by molar-refractivity contribution is 0.0866. The van der Waals surface area contributed by atoms with Gasteiger partial charge >= 0.3 is 0 Å². The van der Waals surface area contributed by atoms with E-state index in [2.05, 4.69) is 39.5 Å². The van der Waals surface area contributed by atoms with Crippen LogP contribution in [0.4, 0.5) is 17.3 Å². The number of phenols is 1. The van der Waals surface area contributed by atoms with Crippen molar-refractivity contribution in [3.8, 4) is 17.0 Å². The molecule has 7 rings (SSSR count). The number of aromatic hydroxyl groups is 1. The first kappa shape index (κ1) is 23.5. The summed E-state index contributed by atoms with van der Waals surface area (Å²) >= 11 is 0. The molecule has 9 heteroatoms. The van der Waals surface area contributed by atoms with Crippen LogP contribution in [-0.2, 0) is 6.54 Å². The summed E-state index contributed by atoms with van der Waals surface area (Å²) in [6.45, 7) is 2.46. The Morgan fingerprint density at radius 1 is 1.03 bits per heavy atom. The van der Waals surface area contributed by atoms with E-state index >= 15 is 0 Å². The Morgan fingerprint density at radius 2 is 1.82 bits per heavy atom. The van der Waals surface area contributed by atoms with Gasteiger partial charge in [-0.25, -0.2) is 9.67 Å². The zero-order valence-electron chi connectivity index (χ0n) is 21.9. The number of carbonyl (C=O) groups excluding carboxylic acids is 1. The van der Waals surface area contributed by atoms with Gasteiger partial charge in [0.05, 0.1) is 24.3 Å². The Morgan fingerprint density at radius 3 is 2.59 bits per heavy atom. The highest BCUT2D eigenvalue weighted by Gasteiger charge is 2.49. The summed E-state index contributed by atoms with van der Waals surface area (Å²) < 4.78 is 1.87.